The standard InChI is InChI=1S/C11H7ClN4O/c12-9-8-3-1-2-6-16(8)10(15-9)7-4-5-13-11(17)14-7/h1-6H,(H,13,14,17). The molecule has 17 heavy (non-hydrogen) atoms. The van der Waals surface area contributed by atoms with E-state index in [1.807, 2.05) is 28.8 Å². The molecule has 0 aliphatic heterocycles. The minimum absolute atomic E-state index is 0.401. The largest absolute Gasteiger partial charge is 0.345 e. The fourth-order valence-electron chi connectivity index (χ4n) is 1.69. The van der Waals surface area contributed by atoms with Gasteiger partial charge in [0.15, 0.2) is 11.0 Å². The number of hydrogen-bond donors (Lipinski definition) is 1. The van der Waals surface area contributed by atoms with E-state index in [9.17, 15) is 4.79 Å². The van der Waals surface area contributed by atoms with E-state index in [1.165, 1.54) is 6.20 Å². The molecular formula is C11H7ClN4O. The summed E-state index contributed by atoms with van der Waals surface area (Å²) in [5.41, 5.74) is 0.964. The highest BCUT2D eigenvalue weighted by atomic mass is 35.5. The highest BCUT2D eigenvalue weighted by Gasteiger charge is 2.10. The number of imidazole rings is 1. The smallest absolute Gasteiger partial charge is 0.303 e. The molecule has 1 N–H and O–H groups in total. The van der Waals surface area contributed by atoms with Crippen LogP contribution in [-0.2, 0) is 0 Å². The molecule has 3 rings (SSSR count). The third-order valence-corrected chi connectivity index (χ3v) is 2.70. The first kappa shape index (κ1) is 10.0. The Labute approximate surface area is 101 Å². The first-order valence-corrected chi connectivity index (χ1v) is 5.32. The third-order valence-electron chi connectivity index (χ3n) is 2.42. The molecule has 0 unspecified atom stereocenters. The molecule has 0 spiro atoms. The van der Waals surface area contributed by atoms with Gasteiger partial charge >= 0.3 is 5.69 Å². The van der Waals surface area contributed by atoms with Crippen molar-refractivity contribution in [3.63, 3.8) is 0 Å². The lowest BCUT2D eigenvalue weighted by Gasteiger charge is -1.99. The maximum absolute atomic E-state index is 11.2. The van der Waals surface area contributed by atoms with Gasteiger partial charge in [-0.2, -0.15) is 0 Å². The summed E-state index contributed by atoms with van der Waals surface area (Å²) in [5.74, 6) is 0.588. The number of H-pyrrole nitrogens is 1. The second-order valence-electron chi connectivity index (χ2n) is 3.47. The summed E-state index contributed by atoms with van der Waals surface area (Å²) in [6, 6.07) is 7.29. The van der Waals surface area contributed by atoms with Gasteiger partial charge in [-0.15, -0.1) is 0 Å². The van der Waals surface area contributed by atoms with Crippen LogP contribution in [0.25, 0.3) is 17.0 Å². The fourth-order valence-corrected chi connectivity index (χ4v) is 1.92. The lowest BCUT2D eigenvalue weighted by Crippen LogP contribution is -2.10. The molecular weight excluding hydrogens is 240 g/mol. The topological polar surface area (TPSA) is 63.1 Å². The van der Waals surface area contributed by atoms with Crippen molar-refractivity contribution in [2.45, 2.75) is 0 Å². The van der Waals surface area contributed by atoms with Crippen molar-refractivity contribution < 1.29 is 0 Å². The van der Waals surface area contributed by atoms with E-state index in [4.69, 9.17) is 11.6 Å². The Kier molecular flexibility index (Phi) is 2.19. The molecule has 0 saturated heterocycles. The van der Waals surface area contributed by atoms with Gasteiger partial charge in [0.25, 0.3) is 0 Å². The Morgan fingerprint density at radius 1 is 1.29 bits per heavy atom. The summed E-state index contributed by atoms with van der Waals surface area (Å²) >= 11 is 6.03. The molecule has 0 aliphatic carbocycles. The van der Waals surface area contributed by atoms with E-state index in [0.29, 0.717) is 16.7 Å². The van der Waals surface area contributed by atoms with Gasteiger partial charge in [0.05, 0.1) is 11.2 Å². The minimum Gasteiger partial charge on any atom is -0.303 e. The molecule has 0 aromatic carbocycles. The maximum Gasteiger partial charge on any atom is 0.345 e. The first-order valence-electron chi connectivity index (χ1n) is 4.94. The lowest BCUT2D eigenvalue weighted by atomic mass is 10.4. The number of nitrogens with zero attached hydrogens (tertiary/aromatic N) is 3. The lowest BCUT2D eigenvalue weighted by molar-refractivity contribution is 1.05. The molecule has 0 atom stereocenters. The molecule has 3 heterocycles. The number of halogens is 1. The van der Waals surface area contributed by atoms with Crippen molar-refractivity contribution in [1.82, 2.24) is 19.4 Å². The molecule has 0 saturated carbocycles. The minimum atomic E-state index is -0.411. The summed E-state index contributed by atoms with van der Waals surface area (Å²) < 4.78 is 1.81. The van der Waals surface area contributed by atoms with Crippen LogP contribution in [0, 0.1) is 0 Å². The molecule has 6 heteroatoms. The van der Waals surface area contributed by atoms with E-state index in [-0.39, 0.29) is 0 Å². The van der Waals surface area contributed by atoms with Crippen LogP contribution in [0.4, 0.5) is 0 Å². The predicted molar refractivity (Wildman–Crippen MR) is 64.1 cm³/mol. The van der Waals surface area contributed by atoms with Gasteiger partial charge in [0, 0.05) is 12.4 Å². The van der Waals surface area contributed by atoms with E-state index in [2.05, 4.69) is 15.0 Å². The quantitative estimate of drug-likeness (QED) is 0.711. The summed E-state index contributed by atoms with van der Waals surface area (Å²) in [5, 5.41) is 0.401. The van der Waals surface area contributed by atoms with E-state index >= 15 is 0 Å². The second kappa shape index (κ2) is 3.71. The second-order valence-corrected chi connectivity index (χ2v) is 3.83. The summed E-state index contributed by atoms with van der Waals surface area (Å²) in [6.07, 6.45) is 3.27. The Morgan fingerprint density at radius 2 is 2.18 bits per heavy atom. The van der Waals surface area contributed by atoms with Crippen molar-refractivity contribution >= 4 is 17.1 Å². The molecule has 0 bridgehead atoms. The van der Waals surface area contributed by atoms with Crippen LogP contribution in [0.15, 0.2) is 41.5 Å². The molecule has 0 aliphatic rings. The van der Waals surface area contributed by atoms with Crippen molar-refractivity contribution in [3.05, 3.63) is 52.3 Å². The van der Waals surface area contributed by atoms with Crippen LogP contribution in [0.1, 0.15) is 0 Å². The van der Waals surface area contributed by atoms with Crippen LogP contribution >= 0.6 is 11.6 Å². The molecule has 3 aromatic heterocycles. The zero-order valence-electron chi connectivity index (χ0n) is 8.59. The van der Waals surface area contributed by atoms with Crippen LogP contribution in [0.3, 0.4) is 0 Å². The molecule has 84 valence electrons. The van der Waals surface area contributed by atoms with E-state index in [1.54, 1.807) is 6.07 Å². The number of aromatic amines is 1. The Morgan fingerprint density at radius 3 is 3.00 bits per heavy atom. The number of fused-ring (bicyclic) bond motifs is 1. The summed E-state index contributed by atoms with van der Waals surface area (Å²) in [6.45, 7) is 0. The van der Waals surface area contributed by atoms with Gasteiger partial charge in [0.1, 0.15) is 0 Å². The zero-order valence-corrected chi connectivity index (χ0v) is 9.35. The van der Waals surface area contributed by atoms with Crippen LogP contribution < -0.4 is 5.69 Å². The van der Waals surface area contributed by atoms with Gasteiger partial charge < -0.3 is 4.98 Å². The Hall–Kier alpha value is -2.14. The maximum atomic E-state index is 11.2. The van der Waals surface area contributed by atoms with E-state index < -0.39 is 5.69 Å². The van der Waals surface area contributed by atoms with Crippen LogP contribution in [0.5, 0.6) is 0 Å². The van der Waals surface area contributed by atoms with Gasteiger partial charge in [-0.1, -0.05) is 17.7 Å². The van der Waals surface area contributed by atoms with Crippen molar-refractivity contribution in [3.8, 4) is 11.5 Å². The van der Waals surface area contributed by atoms with Gasteiger partial charge in [-0.3, -0.25) is 4.40 Å². The van der Waals surface area contributed by atoms with Crippen molar-refractivity contribution in [2.75, 3.05) is 0 Å². The summed E-state index contributed by atoms with van der Waals surface area (Å²) in [7, 11) is 0. The molecule has 0 amide bonds. The SMILES string of the molecule is O=c1nccc(-c2nc(Cl)c3ccccn23)[nH]1. The highest BCUT2D eigenvalue weighted by molar-refractivity contribution is 6.32. The zero-order chi connectivity index (χ0) is 11.8. The molecule has 0 radical (unpaired) electrons. The molecule has 0 fully saturated rings. The van der Waals surface area contributed by atoms with Crippen molar-refractivity contribution in [2.24, 2.45) is 0 Å². The Bertz CT molecular complexity index is 746. The Balaban J connectivity index is 2.35. The fraction of sp³-hybridized carbons (Fsp3) is 0. The first-order chi connectivity index (χ1) is 8.25. The van der Waals surface area contributed by atoms with Crippen LogP contribution in [-0.4, -0.2) is 19.4 Å². The predicted octanol–water partition coefficient (Wildman–Crippen LogP) is 1.74. The number of nitrogens with one attached hydrogen (secondary N) is 1. The van der Waals surface area contributed by atoms with Crippen molar-refractivity contribution in [1.29, 1.82) is 0 Å². The number of pyridine rings is 1. The van der Waals surface area contributed by atoms with E-state index in [0.717, 1.165) is 5.52 Å². The number of aromatic nitrogens is 4. The number of rotatable bonds is 1. The highest BCUT2D eigenvalue weighted by Crippen LogP contribution is 2.23. The monoisotopic (exact) mass is 246 g/mol. The number of hydrogen-bond acceptors (Lipinski definition) is 3. The third kappa shape index (κ3) is 1.60. The molecule has 5 nitrogen and oxygen atoms in total. The normalized spacial score (nSPS) is 10.9. The van der Waals surface area contributed by atoms with Crippen LogP contribution in [0.2, 0.25) is 5.15 Å². The van der Waals surface area contributed by atoms with Gasteiger partial charge in [-0.25, -0.2) is 14.8 Å². The summed E-state index contributed by atoms with van der Waals surface area (Å²) in [4.78, 5) is 21.6. The van der Waals surface area contributed by atoms with Gasteiger partial charge in [0.2, 0.25) is 0 Å². The molecule has 3 aromatic rings. The van der Waals surface area contributed by atoms with Gasteiger partial charge in [-0.05, 0) is 18.2 Å². The average molecular weight is 247 g/mol. The average Bonchev–Trinajstić information content (AvgIpc) is 2.68.